The molecule has 0 aliphatic rings. The lowest BCUT2D eigenvalue weighted by Crippen LogP contribution is -2.06. The summed E-state index contributed by atoms with van der Waals surface area (Å²) in [7, 11) is 0. The molecule has 3 heteroatoms. The minimum Gasteiger partial charge on any atom is -0.481 e. The minimum absolute atomic E-state index is 0.399. The summed E-state index contributed by atoms with van der Waals surface area (Å²) >= 11 is 0. The summed E-state index contributed by atoms with van der Waals surface area (Å²) in [5.41, 5.74) is 8.33. The van der Waals surface area contributed by atoms with Crippen LogP contribution in [0.4, 0.5) is 5.69 Å². The molecule has 1 atom stereocenters. The molecule has 12 heavy (non-hydrogen) atoms. The Morgan fingerprint density at radius 1 is 1.42 bits per heavy atom. The van der Waals surface area contributed by atoms with E-state index in [4.69, 9.17) is 10.8 Å². The van der Waals surface area contributed by atoms with Crippen molar-refractivity contribution >= 4 is 11.7 Å². The van der Waals surface area contributed by atoms with E-state index >= 15 is 0 Å². The largest absolute Gasteiger partial charge is 0.481 e. The molecule has 0 saturated carbocycles. The molecule has 0 aliphatic heterocycles. The van der Waals surface area contributed by atoms with Crippen LogP contribution >= 0.6 is 0 Å². The van der Waals surface area contributed by atoms with Crippen LogP contribution < -0.4 is 5.73 Å². The topological polar surface area (TPSA) is 61.1 Å². The predicted molar refractivity (Wildman–Crippen MR) is 45.2 cm³/mol. The van der Waals surface area contributed by atoms with E-state index in [-0.39, 0.29) is 0 Å². The molecule has 1 unspecified atom stereocenters. The smallest absolute Gasteiger partial charge is 0.310 e. The molecule has 63 valence electrons. The molecule has 1 rings (SSSR count). The third-order valence-electron chi connectivity index (χ3n) is 1.78. The fraction of sp³-hybridized carbons (Fsp3) is 0.222. The summed E-state index contributed by atoms with van der Waals surface area (Å²) < 4.78 is 0. The zero-order chi connectivity index (χ0) is 9.14. The van der Waals surface area contributed by atoms with Gasteiger partial charge in [-0.2, -0.15) is 0 Å². The van der Waals surface area contributed by atoms with Crippen molar-refractivity contribution in [3.05, 3.63) is 29.8 Å². The van der Waals surface area contributed by atoms with E-state index in [2.05, 4.69) is 0 Å². The standard InChI is InChI=1S/C9H10NO2/c1-6(9(11)12)7-2-4-8(10)5-3-7/h2-6,10H,1H3,(H,11,12). The Morgan fingerprint density at radius 2 is 1.92 bits per heavy atom. The number of rotatable bonds is 2. The van der Waals surface area contributed by atoms with Crippen LogP contribution in [0, 0.1) is 0 Å². The second kappa shape index (κ2) is 3.26. The average Bonchev–Trinajstić information content (AvgIpc) is 2.04. The summed E-state index contributed by atoms with van der Waals surface area (Å²) in [5.74, 6) is -1.33. The molecule has 0 bridgehead atoms. The number of hydrogen-bond donors (Lipinski definition) is 1. The summed E-state index contributed by atoms with van der Waals surface area (Å²) in [4.78, 5) is 10.5. The molecule has 0 saturated heterocycles. The molecule has 3 nitrogen and oxygen atoms in total. The second-order valence-corrected chi connectivity index (χ2v) is 2.68. The van der Waals surface area contributed by atoms with Gasteiger partial charge in [0.25, 0.3) is 0 Å². The van der Waals surface area contributed by atoms with Gasteiger partial charge in [0, 0.05) is 0 Å². The Labute approximate surface area is 70.8 Å². The van der Waals surface area contributed by atoms with Crippen LogP contribution in [0.3, 0.4) is 0 Å². The maximum Gasteiger partial charge on any atom is 0.310 e. The zero-order valence-electron chi connectivity index (χ0n) is 6.74. The molecule has 1 aromatic carbocycles. The Kier molecular flexibility index (Phi) is 2.33. The first-order chi connectivity index (χ1) is 5.61. The van der Waals surface area contributed by atoms with E-state index in [0.29, 0.717) is 5.69 Å². The van der Waals surface area contributed by atoms with Gasteiger partial charge in [-0.25, -0.2) is 0 Å². The van der Waals surface area contributed by atoms with Gasteiger partial charge in [0.05, 0.1) is 11.6 Å². The summed E-state index contributed by atoms with van der Waals surface area (Å²) in [6.07, 6.45) is 0. The molecule has 2 N–H and O–H groups in total. The lowest BCUT2D eigenvalue weighted by Gasteiger charge is -2.05. The molecule has 1 aromatic rings. The third kappa shape index (κ3) is 1.75. The van der Waals surface area contributed by atoms with Crippen LogP contribution in [0.5, 0.6) is 0 Å². The van der Waals surface area contributed by atoms with Gasteiger partial charge < -0.3 is 10.8 Å². The number of carboxylic acids is 1. The number of nitrogens with one attached hydrogen (secondary N) is 1. The molecular formula is C9H10NO2. The highest BCUT2D eigenvalue weighted by molar-refractivity contribution is 5.75. The van der Waals surface area contributed by atoms with Crippen LogP contribution in [0.25, 0.3) is 0 Å². The molecule has 0 fully saturated rings. The van der Waals surface area contributed by atoms with E-state index in [1.165, 1.54) is 0 Å². The Morgan fingerprint density at radius 3 is 2.33 bits per heavy atom. The normalized spacial score (nSPS) is 12.4. The molecule has 0 heterocycles. The van der Waals surface area contributed by atoms with Gasteiger partial charge in [-0.15, -0.1) is 0 Å². The van der Waals surface area contributed by atoms with Crippen molar-refractivity contribution in [3.8, 4) is 0 Å². The summed E-state index contributed by atoms with van der Waals surface area (Å²) in [6, 6.07) is 6.52. The Hall–Kier alpha value is -1.51. The van der Waals surface area contributed by atoms with Crippen molar-refractivity contribution in [2.75, 3.05) is 0 Å². The first-order valence-electron chi connectivity index (χ1n) is 3.65. The van der Waals surface area contributed by atoms with Gasteiger partial charge in [-0.3, -0.25) is 4.79 Å². The quantitative estimate of drug-likeness (QED) is 0.724. The third-order valence-corrected chi connectivity index (χ3v) is 1.78. The predicted octanol–water partition coefficient (Wildman–Crippen LogP) is 1.79. The van der Waals surface area contributed by atoms with E-state index in [1.54, 1.807) is 31.2 Å². The van der Waals surface area contributed by atoms with Crippen LogP contribution in [0.1, 0.15) is 18.4 Å². The molecule has 0 aromatic heterocycles. The highest BCUT2D eigenvalue weighted by Crippen LogP contribution is 2.16. The second-order valence-electron chi connectivity index (χ2n) is 2.68. The number of aliphatic carboxylic acids is 1. The molecule has 0 spiro atoms. The van der Waals surface area contributed by atoms with Crippen molar-refractivity contribution in [2.24, 2.45) is 0 Å². The first-order valence-corrected chi connectivity index (χ1v) is 3.65. The van der Waals surface area contributed by atoms with Crippen molar-refractivity contribution in [3.63, 3.8) is 0 Å². The van der Waals surface area contributed by atoms with Crippen LogP contribution in [0.15, 0.2) is 24.3 Å². The molecule has 0 amide bonds. The average molecular weight is 164 g/mol. The fourth-order valence-corrected chi connectivity index (χ4v) is 0.914. The van der Waals surface area contributed by atoms with Gasteiger partial charge in [0.1, 0.15) is 0 Å². The highest BCUT2D eigenvalue weighted by Gasteiger charge is 2.12. The monoisotopic (exact) mass is 164 g/mol. The summed E-state index contributed by atoms with van der Waals surface area (Å²) in [5, 5.41) is 8.66. The van der Waals surface area contributed by atoms with Crippen molar-refractivity contribution in [1.82, 2.24) is 5.73 Å². The zero-order valence-corrected chi connectivity index (χ0v) is 6.74. The van der Waals surface area contributed by atoms with Gasteiger partial charge in [-0.05, 0) is 24.6 Å². The SMILES string of the molecule is CC(C(=O)O)c1ccc([NH])cc1. The molecular weight excluding hydrogens is 154 g/mol. The van der Waals surface area contributed by atoms with Gasteiger partial charge in [0.2, 0.25) is 0 Å². The van der Waals surface area contributed by atoms with Crippen LogP contribution in [0.2, 0.25) is 0 Å². The Bertz CT molecular complexity index is 279. The maximum absolute atomic E-state index is 10.5. The highest BCUT2D eigenvalue weighted by atomic mass is 16.4. The van der Waals surface area contributed by atoms with Gasteiger partial charge in [0.15, 0.2) is 0 Å². The van der Waals surface area contributed by atoms with Crippen molar-refractivity contribution < 1.29 is 9.90 Å². The number of carboxylic acid groups (broad SMARTS) is 1. The molecule has 1 radical (unpaired) electrons. The minimum atomic E-state index is -0.840. The van der Waals surface area contributed by atoms with E-state index in [0.717, 1.165) is 5.56 Å². The van der Waals surface area contributed by atoms with E-state index < -0.39 is 11.9 Å². The van der Waals surface area contributed by atoms with Gasteiger partial charge >= 0.3 is 5.97 Å². The van der Waals surface area contributed by atoms with Crippen molar-refractivity contribution in [1.29, 1.82) is 0 Å². The first kappa shape index (κ1) is 8.59. The van der Waals surface area contributed by atoms with E-state index in [9.17, 15) is 4.79 Å². The van der Waals surface area contributed by atoms with Crippen molar-refractivity contribution in [2.45, 2.75) is 12.8 Å². The lowest BCUT2D eigenvalue weighted by atomic mass is 10.0. The lowest BCUT2D eigenvalue weighted by molar-refractivity contribution is -0.138. The fourth-order valence-electron chi connectivity index (χ4n) is 0.914. The van der Waals surface area contributed by atoms with Gasteiger partial charge in [-0.1, -0.05) is 12.1 Å². The maximum atomic E-state index is 10.5. The number of benzene rings is 1. The Balaban J connectivity index is 2.89. The van der Waals surface area contributed by atoms with E-state index in [1.807, 2.05) is 0 Å². The number of hydrogen-bond acceptors (Lipinski definition) is 1. The number of carbonyl (C=O) groups is 1. The molecule has 0 aliphatic carbocycles. The van der Waals surface area contributed by atoms with Crippen LogP contribution in [-0.4, -0.2) is 11.1 Å². The van der Waals surface area contributed by atoms with Crippen LogP contribution in [-0.2, 0) is 4.79 Å². The summed E-state index contributed by atoms with van der Waals surface area (Å²) in [6.45, 7) is 1.63.